The minimum absolute atomic E-state index is 0.180. The summed E-state index contributed by atoms with van der Waals surface area (Å²) in [7, 11) is 6.44. The number of aromatic nitrogens is 2. The Morgan fingerprint density at radius 1 is 1.33 bits per heavy atom. The van der Waals surface area contributed by atoms with E-state index in [2.05, 4.69) is 15.5 Å². The van der Waals surface area contributed by atoms with Crippen molar-refractivity contribution in [1.82, 2.24) is 15.1 Å². The molecule has 1 aromatic heterocycles. The predicted octanol–water partition coefficient (Wildman–Crippen LogP) is 0.209. The average Bonchev–Trinajstić information content (AvgIpc) is 2.39. The lowest BCUT2D eigenvalue weighted by molar-refractivity contribution is -0.0914. The molecule has 7 heteroatoms. The van der Waals surface area contributed by atoms with E-state index in [-0.39, 0.29) is 12.2 Å². The molecule has 0 atom stereocenters. The van der Waals surface area contributed by atoms with Gasteiger partial charge in [-0.25, -0.2) is 0 Å². The molecule has 7 nitrogen and oxygen atoms in total. The van der Waals surface area contributed by atoms with Crippen molar-refractivity contribution in [2.24, 2.45) is 0 Å². The van der Waals surface area contributed by atoms with Crippen LogP contribution in [0.5, 0.6) is 0 Å². The minimum atomic E-state index is -0.352. The van der Waals surface area contributed by atoms with Crippen molar-refractivity contribution in [2.45, 2.75) is 6.29 Å². The van der Waals surface area contributed by atoms with Gasteiger partial charge in [0.1, 0.15) is 5.82 Å². The van der Waals surface area contributed by atoms with E-state index < -0.39 is 0 Å². The van der Waals surface area contributed by atoms with Gasteiger partial charge in [-0.3, -0.25) is 4.79 Å². The molecule has 0 bridgehead atoms. The highest BCUT2D eigenvalue weighted by atomic mass is 16.7. The lowest BCUT2D eigenvalue weighted by atomic mass is 10.3. The van der Waals surface area contributed by atoms with E-state index in [0.717, 1.165) is 0 Å². The monoisotopic (exact) mass is 254 g/mol. The molecule has 0 saturated carbocycles. The lowest BCUT2D eigenvalue weighted by Gasteiger charge is -2.14. The van der Waals surface area contributed by atoms with Gasteiger partial charge in [-0.2, -0.15) is 0 Å². The molecule has 1 amide bonds. The third-order valence-electron chi connectivity index (χ3n) is 2.27. The van der Waals surface area contributed by atoms with Crippen LogP contribution in [0.4, 0.5) is 5.82 Å². The van der Waals surface area contributed by atoms with Crippen LogP contribution >= 0.6 is 0 Å². The van der Waals surface area contributed by atoms with Crippen molar-refractivity contribution in [2.75, 3.05) is 40.2 Å². The quantitative estimate of drug-likeness (QED) is 0.731. The van der Waals surface area contributed by atoms with E-state index in [1.165, 1.54) is 4.90 Å². The zero-order valence-corrected chi connectivity index (χ0v) is 11.0. The Morgan fingerprint density at radius 2 is 2.00 bits per heavy atom. The lowest BCUT2D eigenvalue weighted by Crippen LogP contribution is -2.25. The van der Waals surface area contributed by atoms with Gasteiger partial charge in [0.25, 0.3) is 5.91 Å². The Bertz CT molecular complexity index is 376. The summed E-state index contributed by atoms with van der Waals surface area (Å²) >= 11 is 0. The van der Waals surface area contributed by atoms with Crippen molar-refractivity contribution >= 4 is 11.7 Å². The average molecular weight is 254 g/mol. The molecule has 0 aromatic carbocycles. The van der Waals surface area contributed by atoms with E-state index in [0.29, 0.717) is 18.1 Å². The van der Waals surface area contributed by atoms with Gasteiger partial charge in [0, 0.05) is 28.3 Å². The molecule has 1 aromatic rings. The Labute approximate surface area is 106 Å². The smallest absolute Gasteiger partial charge is 0.273 e. The fraction of sp³-hybridized carbons (Fsp3) is 0.545. The Kier molecular flexibility index (Phi) is 5.47. The zero-order valence-electron chi connectivity index (χ0n) is 11.0. The summed E-state index contributed by atoms with van der Waals surface area (Å²) in [6.45, 7) is 0.447. The van der Waals surface area contributed by atoms with Crippen molar-refractivity contribution < 1.29 is 14.3 Å². The molecule has 0 spiro atoms. The second-order valence-electron chi connectivity index (χ2n) is 3.79. The maximum absolute atomic E-state index is 11.6. The molecule has 0 radical (unpaired) electrons. The number of hydrogen-bond donors (Lipinski definition) is 1. The molecule has 0 unspecified atom stereocenters. The van der Waals surface area contributed by atoms with Crippen LogP contribution < -0.4 is 5.32 Å². The summed E-state index contributed by atoms with van der Waals surface area (Å²) in [6.07, 6.45) is -0.352. The fourth-order valence-corrected chi connectivity index (χ4v) is 1.22. The molecule has 1 heterocycles. The van der Waals surface area contributed by atoms with E-state index in [9.17, 15) is 4.79 Å². The van der Waals surface area contributed by atoms with Gasteiger partial charge in [-0.15, -0.1) is 10.2 Å². The van der Waals surface area contributed by atoms with Crippen LogP contribution in [0, 0.1) is 0 Å². The van der Waals surface area contributed by atoms with Gasteiger partial charge < -0.3 is 19.7 Å². The second-order valence-corrected chi connectivity index (χ2v) is 3.79. The van der Waals surface area contributed by atoms with Crippen molar-refractivity contribution in [3.63, 3.8) is 0 Å². The number of ether oxygens (including phenoxy) is 2. The summed E-state index contributed by atoms with van der Waals surface area (Å²) in [4.78, 5) is 13.0. The van der Waals surface area contributed by atoms with Gasteiger partial charge in [0.05, 0.1) is 6.54 Å². The summed E-state index contributed by atoms with van der Waals surface area (Å²) in [5, 5.41) is 10.7. The van der Waals surface area contributed by atoms with Gasteiger partial charge in [-0.1, -0.05) is 0 Å². The molecule has 1 rings (SSSR count). The third kappa shape index (κ3) is 3.94. The van der Waals surface area contributed by atoms with Gasteiger partial charge in [0.15, 0.2) is 12.0 Å². The first-order valence-corrected chi connectivity index (χ1v) is 5.43. The highest BCUT2D eigenvalue weighted by Gasteiger charge is 2.10. The molecule has 100 valence electrons. The normalized spacial score (nSPS) is 10.5. The molecular formula is C11H18N4O3. The number of anilines is 1. The Balaban J connectivity index is 2.58. The number of amides is 1. The number of hydrogen-bond acceptors (Lipinski definition) is 6. The standard InChI is InChI=1S/C11H18N4O3/c1-15(2)11(16)8-5-6-9(14-13-8)12-7-10(17-3)18-4/h5-6,10H,7H2,1-4H3,(H,12,14). The number of methoxy groups -OCH3 is 2. The first-order valence-electron chi connectivity index (χ1n) is 5.43. The van der Waals surface area contributed by atoms with Crippen LogP contribution in [0.15, 0.2) is 12.1 Å². The second kappa shape index (κ2) is 6.87. The van der Waals surface area contributed by atoms with Crippen LogP contribution in [0.3, 0.4) is 0 Å². The van der Waals surface area contributed by atoms with Crippen molar-refractivity contribution in [3.05, 3.63) is 17.8 Å². The molecule has 0 aliphatic rings. The van der Waals surface area contributed by atoms with Gasteiger partial charge in [-0.05, 0) is 12.1 Å². The first-order chi connectivity index (χ1) is 8.58. The number of nitrogens with zero attached hydrogens (tertiary/aromatic N) is 3. The first kappa shape index (κ1) is 14.3. The topological polar surface area (TPSA) is 76.6 Å². The van der Waals surface area contributed by atoms with E-state index >= 15 is 0 Å². The molecular weight excluding hydrogens is 236 g/mol. The highest BCUT2D eigenvalue weighted by Crippen LogP contribution is 2.04. The SMILES string of the molecule is COC(CNc1ccc(C(=O)N(C)C)nn1)OC. The Hall–Kier alpha value is -1.73. The predicted molar refractivity (Wildman–Crippen MR) is 66.3 cm³/mol. The van der Waals surface area contributed by atoms with Crippen molar-refractivity contribution in [1.29, 1.82) is 0 Å². The molecule has 0 saturated heterocycles. The largest absolute Gasteiger partial charge is 0.363 e. The molecule has 0 aliphatic heterocycles. The van der Waals surface area contributed by atoms with Crippen LogP contribution in [0.1, 0.15) is 10.5 Å². The van der Waals surface area contributed by atoms with Gasteiger partial charge in [0.2, 0.25) is 0 Å². The number of nitrogens with one attached hydrogen (secondary N) is 1. The van der Waals surface area contributed by atoms with Gasteiger partial charge >= 0.3 is 0 Å². The van der Waals surface area contributed by atoms with E-state index in [1.807, 2.05) is 0 Å². The maximum atomic E-state index is 11.6. The maximum Gasteiger partial charge on any atom is 0.273 e. The summed E-state index contributed by atoms with van der Waals surface area (Å²) in [5.74, 6) is 0.380. The highest BCUT2D eigenvalue weighted by molar-refractivity contribution is 5.91. The third-order valence-corrected chi connectivity index (χ3v) is 2.27. The van der Waals surface area contributed by atoms with Crippen LogP contribution in [0.25, 0.3) is 0 Å². The van der Waals surface area contributed by atoms with E-state index in [1.54, 1.807) is 40.4 Å². The number of carbonyl (C=O) groups excluding carboxylic acids is 1. The fourth-order valence-electron chi connectivity index (χ4n) is 1.22. The van der Waals surface area contributed by atoms with Crippen LogP contribution in [-0.2, 0) is 9.47 Å². The summed E-state index contributed by atoms with van der Waals surface area (Å²) in [6, 6.07) is 3.30. The molecule has 0 fully saturated rings. The minimum Gasteiger partial charge on any atom is -0.363 e. The summed E-state index contributed by atoms with van der Waals surface area (Å²) < 4.78 is 10.0. The zero-order chi connectivity index (χ0) is 13.5. The number of rotatable bonds is 6. The number of carbonyl (C=O) groups is 1. The van der Waals surface area contributed by atoms with Crippen LogP contribution in [-0.4, -0.2) is 62.2 Å². The van der Waals surface area contributed by atoms with E-state index in [4.69, 9.17) is 9.47 Å². The molecule has 0 aliphatic carbocycles. The molecule has 1 N–H and O–H groups in total. The summed E-state index contributed by atoms with van der Waals surface area (Å²) in [5.41, 5.74) is 0.306. The van der Waals surface area contributed by atoms with Crippen molar-refractivity contribution in [3.8, 4) is 0 Å². The molecule has 18 heavy (non-hydrogen) atoms. The Morgan fingerprint density at radius 3 is 2.44 bits per heavy atom. The van der Waals surface area contributed by atoms with Crippen LogP contribution in [0.2, 0.25) is 0 Å².